The van der Waals surface area contributed by atoms with E-state index in [0.717, 1.165) is 35.4 Å². The van der Waals surface area contributed by atoms with Gasteiger partial charge in [-0.05, 0) is 51.6 Å². The molecule has 6 nitrogen and oxygen atoms in total. The third-order valence-electron chi connectivity index (χ3n) is 5.37. The minimum Gasteiger partial charge on any atom is -0.368 e. The van der Waals surface area contributed by atoms with Gasteiger partial charge < -0.3 is 19.5 Å². The fourth-order valence-corrected chi connectivity index (χ4v) is 3.77. The number of nitrogens with zero attached hydrogens (tertiary/aromatic N) is 5. The van der Waals surface area contributed by atoms with Crippen LogP contribution in [0.5, 0.6) is 0 Å². The predicted molar refractivity (Wildman–Crippen MR) is 107 cm³/mol. The number of likely N-dealkylation sites (N-methyl/N-ethyl adjacent to an activating group) is 1. The normalized spacial score (nSPS) is 16.5. The van der Waals surface area contributed by atoms with Gasteiger partial charge in [0.05, 0.1) is 11.2 Å². The number of fused-ring (bicyclic) bond motifs is 3. The maximum Gasteiger partial charge on any atom is 0.158 e. The molecule has 0 amide bonds. The highest BCUT2D eigenvalue weighted by atomic mass is 15.2. The van der Waals surface area contributed by atoms with Crippen LogP contribution in [0.25, 0.3) is 16.4 Å². The van der Waals surface area contributed by atoms with E-state index < -0.39 is 0 Å². The molecule has 0 unspecified atom stereocenters. The number of unbranched alkanes of at least 4 members (excludes halogenated alkanes) is 1. The van der Waals surface area contributed by atoms with E-state index in [9.17, 15) is 0 Å². The number of aryl methyl sites for hydroxylation is 1. The van der Waals surface area contributed by atoms with Crippen LogP contribution in [-0.4, -0.2) is 70.7 Å². The third kappa shape index (κ3) is 3.52. The van der Waals surface area contributed by atoms with Crippen molar-refractivity contribution in [3.8, 4) is 0 Å². The lowest BCUT2D eigenvalue weighted by Crippen LogP contribution is -2.44. The van der Waals surface area contributed by atoms with Gasteiger partial charge >= 0.3 is 0 Å². The van der Waals surface area contributed by atoms with E-state index in [1.165, 1.54) is 44.7 Å². The standard InChI is InChI=1S/C20H28N6/c1-16-19-18(15-17-7-3-5-10-26(17)19)20(23-22-16)21-8-4-6-9-25-13-11-24(2)12-14-25/h3,5,7,10,15H,4,6,8-9,11-14H2,1-2H3,(H,21,23). The second-order valence-electron chi connectivity index (χ2n) is 7.31. The number of piperazine rings is 1. The lowest BCUT2D eigenvalue weighted by molar-refractivity contribution is 0.152. The number of aromatic nitrogens is 3. The Hall–Kier alpha value is -2.18. The van der Waals surface area contributed by atoms with Gasteiger partial charge in [-0.2, -0.15) is 5.10 Å². The first kappa shape index (κ1) is 17.2. The Labute approximate surface area is 154 Å². The Morgan fingerprint density at radius 1 is 1.08 bits per heavy atom. The quantitative estimate of drug-likeness (QED) is 0.691. The van der Waals surface area contributed by atoms with E-state index in [0.29, 0.717) is 0 Å². The van der Waals surface area contributed by atoms with E-state index in [-0.39, 0.29) is 0 Å². The molecular weight excluding hydrogens is 324 g/mol. The first-order valence-electron chi connectivity index (χ1n) is 9.60. The molecule has 0 atom stereocenters. The molecule has 0 aliphatic carbocycles. The molecule has 3 aromatic rings. The molecule has 1 N–H and O–H groups in total. The molecule has 0 bridgehead atoms. The van der Waals surface area contributed by atoms with Crippen LogP contribution >= 0.6 is 0 Å². The molecule has 26 heavy (non-hydrogen) atoms. The average molecular weight is 352 g/mol. The van der Waals surface area contributed by atoms with Crippen molar-refractivity contribution >= 4 is 22.2 Å². The molecule has 4 rings (SSSR count). The first-order chi connectivity index (χ1) is 12.7. The van der Waals surface area contributed by atoms with Crippen LogP contribution in [0.3, 0.4) is 0 Å². The van der Waals surface area contributed by atoms with Gasteiger partial charge in [-0.3, -0.25) is 0 Å². The van der Waals surface area contributed by atoms with E-state index in [2.05, 4.69) is 67.2 Å². The Kier molecular flexibility index (Phi) is 5.04. The maximum atomic E-state index is 4.41. The van der Waals surface area contributed by atoms with E-state index in [1.807, 2.05) is 6.92 Å². The van der Waals surface area contributed by atoms with Gasteiger partial charge in [0.2, 0.25) is 0 Å². The predicted octanol–water partition coefficient (Wildman–Crippen LogP) is 2.63. The van der Waals surface area contributed by atoms with Crippen LogP contribution in [0.15, 0.2) is 30.5 Å². The smallest absolute Gasteiger partial charge is 0.158 e. The summed E-state index contributed by atoms with van der Waals surface area (Å²) < 4.78 is 2.19. The molecule has 1 aliphatic heterocycles. The zero-order chi connectivity index (χ0) is 17.9. The van der Waals surface area contributed by atoms with Crippen LogP contribution in [0.2, 0.25) is 0 Å². The molecule has 1 fully saturated rings. The summed E-state index contributed by atoms with van der Waals surface area (Å²) in [6.45, 7) is 8.94. The second kappa shape index (κ2) is 7.60. The average Bonchev–Trinajstić information content (AvgIpc) is 3.05. The minimum absolute atomic E-state index is 0.897. The summed E-state index contributed by atoms with van der Waals surface area (Å²) in [5, 5.41) is 13.4. The van der Waals surface area contributed by atoms with Crippen molar-refractivity contribution in [2.45, 2.75) is 19.8 Å². The van der Waals surface area contributed by atoms with Crippen LogP contribution in [-0.2, 0) is 0 Å². The fourth-order valence-electron chi connectivity index (χ4n) is 3.77. The van der Waals surface area contributed by atoms with Crippen molar-refractivity contribution in [2.75, 3.05) is 51.6 Å². The molecule has 4 heterocycles. The number of nitrogens with one attached hydrogen (secondary N) is 1. The number of anilines is 1. The summed E-state index contributed by atoms with van der Waals surface area (Å²) >= 11 is 0. The van der Waals surface area contributed by atoms with Crippen molar-refractivity contribution < 1.29 is 0 Å². The Morgan fingerprint density at radius 2 is 1.92 bits per heavy atom. The highest BCUT2D eigenvalue weighted by Crippen LogP contribution is 2.26. The van der Waals surface area contributed by atoms with E-state index in [1.54, 1.807) is 0 Å². The van der Waals surface area contributed by atoms with Gasteiger partial charge in [-0.1, -0.05) is 6.07 Å². The molecule has 6 heteroatoms. The zero-order valence-corrected chi connectivity index (χ0v) is 15.8. The molecule has 138 valence electrons. The lowest BCUT2D eigenvalue weighted by Gasteiger charge is -2.32. The van der Waals surface area contributed by atoms with Gasteiger partial charge in [0.25, 0.3) is 0 Å². The fraction of sp³-hybridized carbons (Fsp3) is 0.500. The SMILES string of the molecule is Cc1nnc(NCCCCN2CCN(C)CC2)c2cc3ccccn3c12. The summed E-state index contributed by atoms with van der Waals surface area (Å²) in [6.07, 6.45) is 4.46. The van der Waals surface area contributed by atoms with Crippen LogP contribution in [0.1, 0.15) is 18.5 Å². The molecule has 0 aromatic carbocycles. The van der Waals surface area contributed by atoms with Crippen LogP contribution < -0.4 is 5.32 Å². The topological polar surface area (TPSA) is 48.7 Å². The second-order valence-corrected chi connectivity index (χ2v) is 7.31. The third-order valence-corrected chi connectivity index (χ3v) is 5.37. The summed E-state index contributed by atoms with van der Waals surface area (Å²) in [5.41, 5.74) is 3.29. The summed E-state index contributed by atoms with van der Waals surface area (Å²) in [5.74, 6) is 0.897. The largest absolute Gasteiger partial charge is 0.368 e. The van der Waals surface area contributed by atoms with E-state index >= 15 is 0 Å². The van der Waals surface area contributed by atoms with Gasteiger partial charge in [0.1, 0.15) is 0 Å². The molecular formula is C20H28N6. The summed E-state index contributed by atoms with van der Waals surface area (Å²) in [7, 11) is 2.20. The monoisotopic (exact) mass is 352 g/mol. The molecule has 1 saturated heterocycles. The summed E-state index contributed by atoms with van der Waals surface area (Å²) in [4.78, 5) is 4.98. The zero-order valence-electron chi connectivity index (χ0n) is 15.8. The van der Waals surface area contributed by atoms with Crippen molar-refractivity contribution in [2.24, 2.45) is 0 Å². The van der Waals surface area contributed by atoms with Crippen molar-refractivity contribution in [1.29, 1.82) is 0 Å². The van der Waals surface area contributed by atoms with Gasteiger partial charge in [0.15, 0.2) is 5.82 Å². The van der Waals surface area contributed by atoms with Gasteiger partial charge in [0, 0.05) is 49.8 Å². The van der Waals surface area contributed by atoms with Crippen molar-refractivity contribution in [3.63, 3.8) is 0 Å². The van der Waals surface area contributed by atoms with Gasteiger partial charge in [-0.25, -0.2) is 0 Å². The maximum absolute atomic E-state index is 4.41. The van der Waals surface area contributed by atoms with Crippen LogP contribution in [0, 0.1) is 6.92 Å². The molecule has 1 aliphatic rings. The van der Waals surface area contributed by atoms with Crippen LogP contribution in [0.4, 0.5) is 5.82 Å². The number of rotatable bonds is 6. The summed E-state index contributed by atoms with van der Waals surface area (Å²) in [6, 6.07) is 8.44. The van der Waals surface area contributed by atoms with Gasteiger partial charge in [-0.15, -0.1) is 5.10 Å². The highest BCUT2D eigenvalue weighted by molar-refractivity contribution is 5.96. The molecule has 3 aromatic heterocycles. The molecule has 0 saturated carbocycles. The Balaban J connectivity index is 1.36. The first-order valence-corrected chi connectivity index (χ1v) is 9.60. The number of hydrogen-bond acceptors (Lipinski definition) is 5. The lowest BCUT2D eigenvalue weighted by atomic mass is 10.2. The minimum atomic E-state index is 0.897. The van der Waals surface area contributed by atoms with Crippen molar-refractivity contribution in [1.82, 2.24) is 24.4 Å². The Morgan fingerprint density at radius 3 is 2.77 bits per heavy atom. The highest BCUT2D eigenvalue weighted by Gasteiger charge is 2.13. The molecule has 0 spiro atoms. The molecule has 0 radical (unpaired) electrons. The van der Waals surface area contributed by atoms with Crippen molar-refractivity contribution in [3.05, 3.63) is 36.2 Å². The number of pyridine rings is 1. The number of hydrogen-bond donors (Lipinski definition) is 1. The van der Waals surface area contributed by atoms with E-state index in [4.69, 9.17) is 0 Å². The Bertz CT molecular complexity index is 879.